The Morgan fingerprint density at radius 3 is 2.64 bits per heavy atom. The van der Waals surface area contributed by atoms with Gasteiger partial charge in [0.2, 0.25) is 5.91 Å². The van der Waals surface area contributed by atoms with Crippen LogP contribution in [0.2, 0.25) is 0 Å². The van der Waals surface area contributed by atoms with E-state index in [-0.39, 0.29) is 30.2 Å². The summed E-state index contributed by atoms with van der Waals surface area (Å²) in [6.45, 7) is 1.95. The largest absolute Gasteiger partial charge is 0.352 e. The third kappa shape index (κ3) is 4.93. The Morgan fingerprint density at radius 1 is 1.41 bits per heavy atom. The first-order valence-electron chi connectivity index (χ1n) is 7.44. The molecular formula is C16H23BrClFN2O. The third-order valence-corrected chi connectivity index (χ3v) is 4.71. The first-order valence-corrected chi connectivity index (χ1v) is 8.24. The van der Waals surface area contributed by atoms with Crippen LogP contribution < -0.4 is 11.1 Å². The van der Waals surface area contributed by atoms with Gasteiger partial charge in [0.25, 0.3) is 0 Å². The van der Waals surface area contributed by atoms with Crippen LogP contribution in [0.25, 0.3) is 0 Å². The Morgan fingerprint density at radius 2 is 2.05 bits per heavy atom. The number of benzene rings is 1. The van der Waals surface area contributed by atoms with Crippen LogP contribution in [-0.4, -0.2) is 17.5 Å². The van der Waals surface area contributed by atoms with Crippen molar-refractivity contribution in [3.05, 3.63) is 34.1 Å². The maximum absolute atomic E-state index is 13.2. The van der Waals surface area contributed by atoms with Crippen LogP contribution in [0.5, 0.6) is 0 Å². The fourth-order valence-electron chi connectivity index (χ4n) is 2.85. The average Bonchev–Trinajstić information content (AvgIpc) is 2.43. The van der Waals surface area contributed by atoms with Crippen molar-refractivity contribution in [1.29, 1.82) is 0 Å². The minimum Gasteiger partial charge on any atom is -0.352 e. The lowest BCUT2D eigenvalue weighted by Gasteiger charge is -2.33. The van der Waals surface area contributed by atoms with Crippen LogP contribution >= 0.6 is 28.3 Å². The van der Waals surface area contributed by atoms with E-state index in [0.29, 0.717) is 10.9 Å². The molecule has 1 fully saturated rings. The highest BCUT2D eigenvalue weighted by atomic mass is 79.9. The van der Waals surface area contributed by atoms with E-state index in [4.69, 9.17) is 5.73 Å². The molecule has 1 amide bonds. The molecule has 124 valence electrons. The fraction of sp³-hybridized carbons (Fsp3) is 0.562. The number of amides is 1. The van der Waals surface area contributed by atoms with E-state index in [9.17, 15) is 9.18 Å². The summed E-state index contributed by atoms with van der Waals surface area (Å²) in [4.78, 5) is 12.3. The standard InChI is InChI=1S/C16H22BrFN2O.ClH/c1-11(9-12-5-6-14(18)13(17)10-12)20-15(21)16(19)7-3-2-4-8-16;/h5-6,10-11H,2-4,7-9,19H2,1H3,(H,20,21);1H. The number of halogens is 3. The van der Waals surface area contributed by atoms with E-state index in [1.165, 1.54) is 6.07 Å². The molecule has 3 nitrogen and oxygen atoms in total. The number of carbonyl (C=O) groups excluding carboxylic acids is 1. The highest BCUT2D eigenvalue weighted by molar-refractivity contribution is 9.10. The maximum atomic E-state index is 13.2. The van der Waals surface area contributed by atoms with Crippen LogP contribution in [-0.2, 0) is 11.2 Å². The average molecular weight is 394 g/mol. The van der Waals surface area contributed by atoms with Crippen LogP contribution in [0, 0.1) is 5.82 Å². The molecule has 0 heterocycles. The van der Waals surface area contributed by atoms with Crippen molar-refractivity contribution in [2.24, 2.45) is 5.73 Å². The molecule has 2 rings (SSSR count). The molecule has 0 saturated heterocycles. The van der Waals surface area contributed by atoms with Crippen LogP contribution in [0.3, 0.4) is 0 Å². The first-order chi connectivity index (χ1) is 9.90. The van der Waals surface area contributed by atoms with Crippen molar-refractivity contribution >= 4 is 34.2 Å². The number of hydrogen-bond acceptors (Lipinski definition) is 2. The van der Waals surface area contributed by atoms with E-state index in [0.717, 1.165) is 37.7 Å². The molecule has 1 atom stereocenters. The molecule has 0 aromatic heterocycles. The van der Waals surface area contributed by atoms with Crippen molar-refractivity contribution in [3.8, 4) is 0 Å². The highest BCUT2D eigenvalue weighted by Crippen LogP contribution is 2.26. The van der Waals surface area contributed by atoms with Gasteiger partial charge in [0.05, 0.1) is 10.0 Å². The van der Waals surface area contributed by atoms with E-state index in [2.05, 4.69) is 21.2 Å². The van der Waals surface area contributed by atoms with Gasteiger partial charge in [0.1, 0.15) is 5.82 Å². The van der Waals surface area contributed by atoms with E-state index in [1.807, 2.05) is 6.92 Å². The summed E-state index contributed by atoms with van der Waals surface area (Å²) in [5.41, 5.74) is 6.48. The number of rotatable bonds is 4. The second-order valence-electron chi connectivity index (χ2n) is 6.04. The molecule has 1 aliphatic rings. The topological polar surface area (TPSA) is 55.1 Å². The minimum absolute atomic E-state index is 0. The van der Waals surface area contributed by atoms with Gasteiger partial charge in [-0.05, 0) is 59.8 Å². The fourth-order valence-corrected chi connectivity index (χ4v) is 3.27. The van der Waals surface area contributed by atoms with Crippen molar-refractivity contribution in [2.75, 3.05) is 0 Å². The van der Waals surface area contributed by atoms with Gasteiger partial charge in [-0.1, -0.05) is 25.3 Å². The quantitative estimate of drug-likeness (QED) is 0.819. The monoisotopic (exact) mass is 392 g/mol. The van der Waals surface area contributed by atoms with Gasteiger partial charge in [-0.3, -0.25) is 4.79 Å². The molecular weight excluding hydrogens is 371 g/mol. The summed E-state index contributed by atoms with van der Waals surface area (Å²) in [7, 11) is 0. The summed E-state index contributed by atoms with van der Waals surface area (Å²) >= 11 is 3.18. The summed E-state index contributed by atoms with van der Waals surface area (Å²) in [6.07, 6.45) is 5.36. The predicted octanol–water partition coefficient (Wildman–Crippen LogP) is 3.72. The molecule has 0 spiro atoms. The maximum Gasteiger partial charge on any atom is 0.240 e. The molecule has 1 aromatic rings. The minimum atomic E-state index is -0.712. The Balaban J connectivity index is 0.00000242. The van der Waals surface area contributed by atoms with Gasteiger partial charge in [0, 0.05) is 6.04 Å². The van der Waals surface area contributed by atoms with Gasteiger partial charge in [-0.15, -0.1) is 12.4 Å². The van der Waals surface area contributed by atoms with Crippen LogP contribution in [0.1, 0.15) is 44.6 Å². The second kappa shape index (κ2) is 8.27. The van der Waals surface area contributed by atoms with E-state index < -0.39 is 5.54 Å². The highest BCUT2D eigenvalue weighted by Gasteiger charge is 2.35. The first kappa shape index (κ1) is 19.4. The van der Waals surface area contributed by atoms with E-state index in [1.54, 1.807) is 12.1 Å². The molecule has 0 aliphatic heterocycles. The lowest BCUT2D eigenvalue weighted by molar-refractivity contribution is -0.128. The molecule has 1 unspecified atom stereocenters. The Kier molecular flexibility index (Phi) is 7.29. The van der Waals surface area contributed by atoms with Crippen LogP contribution in [0.15, 0.2) is 22.7 Å². The summed E-state index contributed by atoms with van der Waals surface area (Å²) in [6, 6.07) is 4.88. The molecule has 1 aromatic carbocycles. The van der Waals surface area contributed by atoms with Crippen LogP contribution in [0.4, 0.5) is 4.39 Å². The van der Waals surface area contributed by atoms with Gasteiger partial charge in [-0.25, -0.2) is 4.39 Å². The normalized spacial score (nSPS) is 18.2. The van der Waals surface area contributed by atoms with Crippen molar-refractivity contribution in [3.63, 3.8) is 0 Å². The zero-order valence-electron chi connectivity index (χ0n) is 12.7. The van der Waals surface area contributed by atoms with E-state index >= 15 is 0 Å². The summed E-state index contributed by atoms with van der Waals surface area (Å²) < 4.78 is 13.7. The van der Waals surface area contributed by atoms with Crippen molar-refractivity contribution in [2.45, 2.75) is 57.0 Å². The molecule has 22 heavy (non-hydrogen) atoms. The molecule has 1 saturated carbocycles. The number of nitrogens with two attached hydrogens (primary N) is 1. The predicted molar refractivity (Wildman–Crippen MR) is 92.7 cm³/mol. The third-order valence-electron chi connectivity index (χ3n) is 4.10. The molecule has 6 heteroatoms. The molecule has 0 bridgehead atoms. The molecule has 3 N–H and O–H groups in total. The summed E-state index contributed by atoms with van der Waals surface area (Å²) in [5, 5.41) is 3.00. The summed E-state index contributed by atoms with van der Waals surface area (Å²) in [5.74, 6) is -0.338. The lowest BCUT2D eigenvalue weighted by Crippen LogP contribution is -2.56. The zero-order valence-corrected chi connectivity index (χ0v) is 15.1. The smallest absolute Gasteiger partial charge is 0.240 e. The van der Waals surface area contributed by atoms with Gasteiger partial charge in [-0.2, -0.15) is 0 Å². The van der Waals surface area contributed by atoms with Gasteiger partial charge < -0.3 is 11.1 Å². The Hall–Kier alpha value is -0.650. The number of hydrogen-bond donors (Lipinski definition) is 2. The molecule has 1 aliphatic carbocycles. The molecule has 0 radical (unpaired) electrons. The number of nitrogens with one attached hydrogen (secondary N) is 1. The Bertz CT molecular complexity index is 521. The van der Waals surface area contributed by atoms with Crippen molar-refractivity contribution < 1.29 is 9.18 Å². The second-order valence-corrected chi connectivity index (χ2v) is 6.90. The van der Waals surface area contributed by atoms with Gasteiger partial charge in [0.15, 0.2) is 0 Å². The number of carbonyl (C=O) groups is 1. The van der Waals surface area contributed by atoms with Crippen molar-refractivity contribution in [1.82, 2.24) is 5.32 Å². The lowest BCUT2D eigenvalue weighted by atomic mass is 9.81. The zero-order chi connectivity index (χ0) is 15.5. The Labute approximate surface area is 145 Å². The van der Waals surface area contributed by atoms with Gasteiger partial charge >= 0.3 is 0 Å². The SMILES string of the molecule is CC(Cc1ccc(F)c(Br)c1)NC(=O)C1(N)CCCCC1.Cl.